The molecule has 0 saturated carbocycles. The molecular formula is C14H25N3O2. The Morgan fingerprint density at radius 1 is 1.32 bits per heavy atom. The summed E-state index contributed by atoms with van der Waals surface area (Å²) in [5.74, 6) is 1.73. The van der Waals surface area contributed by atoms with Crippen molar-refractivity contribution in [2.45, 2.75) is 64.5 Å². The quantitative estimate of drug-likeness (QED) is 0.823. The number of nitrogens with zero attached hydrogens (tertiary/aromatic N) is 2. The third kappa shape index (κ3) is 3.34. The van der Waals surface area contributed by atoms with E-state index in [4.69, 9.17) is 9.15 Å². The van der Waals surface area contributed by atoms with Crippen molar-refractivity contribution in [2.24, 2.45) is 0 Å². The highest BCUT2D eigenvalue weighted by molar-refractivity contribution is 5.00. The lowest BCUT2D eigenvalue weighted by molar-refractivity contribution is 0.0961. The molecule has 0 amide bonds. The second-order valence-electron chi connectivity index (χ2n) is 5.11. The Kier molecular flexibility index (Phi) is 5.34. The Morgan fingerprint density at radius 2 is 2.16 bits per heavy atom. The minimum atomic E-state index is 0.170. The van der Waals surface area contributed by atoms with E-state index in [0.29, 0.717) is 5.89 Å². The van der Waals surface area contributed by atoms with Crippen molar-refractivity contribution in [1.29, 1.82) is 0 Å². The normalized spacial score (nSPS) is 24.8. The molecule has 0 bridgehead atoms. The van der Waals surface area contributed by atoms with Gasteiger partial charge in [0.25, 0.3) is 0 Å². The average Bonchev–Trinajstić information content (AvgIpc) is 3.07. The standard InChI is InChI=1S/C14H25N3O2/c1-4-8-15-11(5-2)14-17-16-13(19-14)10-7-9-18-12(10)6-3/h10-12,15H,4-9H2,1-3H3. The zero-order valence-electron chi connectivity index (χ0n) is 12.2. The minimum Gasteiger partial charge on any atom is -0.423 e. The van der Waals surface area contributed by atoms with Gasteiger partial charge in [-0.25, -0.2) is 0 Å². The van der Waals surface area contributed by atoms with E-state index in [2.05, 4.69) is 36.3 Å². The van der Waals surface area contributed by atoms with E-state index >= 15 is 0 Å². The molecule has 1 aliphatic heterocycles. The maximum absolute atomic E-state index is 5.89. The van der Waals surface area contributed by atoms with Crippen LogP contribution in [0.5, 0.6) is 0 Å². The van der Waals surface area contributed by atoms with Gasteiger partial charge in [0.1, 0.15) is 0 Å². The molecule has 3 atom stereocenters. The third-order valence-corrected chi connectivity index (χ3v) is 3.73. The largest absolute Gasteiger partial charge is 0.423 e. The molecule has 0 aromatic carbocycles. The summed E-state index contributed by atoms with van der Waals surface area (Å²) >= 11 is 0. The molecule has 2 heterocycles. The smallest absolute Gasteiger partial charge is 0.233 e. The van der Waals surface area contributed by atoms with Crippen LogP contribution in [0.1, 0.15) is 70.2 Å². The Balaban J connectivity index is 2.05. The van der Waals surface area contributed by atoms with E-state index in [0.717, 1.165) is 44.7 Å². The number of hydrogen-bond acceptors (Lipinski definition) is 5. The topological polar surface area (TPSA) is 60.2 Å². The van der Waals surface area contributed by atoms with Crippen LogP contribution >= 0.6 is 0 Å². The molecule has 1 N–H and O–H groups in total. The zero-order valence-corrected chi connectivity index (χ0v) is 12.2. The first-order chi connectivity index (χ1) is 9.30. The van der Waals surface area contributed by atoms with Gasteiger partial charge in [0.05, 0.1) is 18.1 Å². The Bertz CT molecular complexity index is 381. The predicted molar refractivity (Wildman–Crippen MR) is 73.0 cm³/mol. The summed E-state index contributed by atoms with van der Waals surface area (Å²) in [5, 5.41) is 11.9. The number of hydrogen-bond donors (Lipinski definition) is 1. The number of aromatic nitrogens is 2. The van der Waals surface area contributed by atoms with E-state index in [1.54, 1.807) is 0 Å². The summed E-state index contributed by atoms with van der Waals surface area (Å²) in [4.78, 5) is 0. The van der Waals surface area contributed by atoms with Crippen molar-refractivity contribution in [3.8, 4) is 0 Å². The Hall–Kier alpha value is -0.940. The fourth-order valence-corrected chi connectivity index (χ4v) is 2.60. The molecule has 5 heteroatoms. The summed E-state index contributed by atoms with van der Waals surface area (Å²) in [6.45, 7) is 8.19. The molecule has 2 rings (SSSR count). The van der Waals surface area contributed by atoms with Gasteiger partial charge in [-0.3, -0.25) is 0 Å². The third-order valence-electron chi connectivity index (χ3n) is 3.73. The minimum absolute atomic E-state index is 0.170. The van der Waals surface area contributed by atoms with Crippen LogP contribution in [-0.4, -0.2) is 29.5 Å². The van der Waals surface area contributed by atoms with E-state index < -0.39 is 0 Å². The average molecular weight is 267 g/mol. The molecule has 0 radical (unpaired) electrons. The summed E-state index contributed by atoms with van der Waals surface area (Å²) in [7, 11) is 0. The van der Waals surface area contributed by atoms with E-state index in [-0.39, 0.29) is 18.1 Å². The molecule has 1 fully saturated rings. The number of rotatable bonds is 7. The van der Waals surface area contributed by atoms with Crippen molar-refractivity contribution in [3.63, 3.8) is 0 Å². The second kappa shape index (κ2) is 7.01. The first kappa shape index (κ1) is 14.5. The van der Waals surface area contributed by atoms with Crippen LogP contribution in [0.4, 0.5) is 0 Å². The molecule has 0 aliphatic carbocycles. The van der Waals surface area contributed by atoms with Crippen molar-refractivity contribution < 1.29 is 9.15 Å². The van der Waals surface area contributed by atoms with Crippen LogP contribution in [-0.2, 0) is 4.74 Å². The Labute approximate surface area is 115 Å². The van der Waals surface area contributed by atoms with Crippen molar-refractivity contribution >= 4 is 0 Å². The van der Waals surface area contributed by atoms with Gasteiger partial charge < -0.3 is 14.5 Å². The maximum atomic E-state index is 5.89. The SMILES string of the molecule is CCCNC(CC)c1nnc(C2CCOC2CC)o1. The molecule has 3 unspecified atom stereocenters. The highest BCUT2D eigenvalue weighted by Gasteiger charge is 2.33. The molecule has 5 nitrogen and oxygen atoms in total. The summed E-state index contributed by atoms with van der Waals surface area (Å²) in [6, 6.07) is 0.170. The van der Waals surface area contributed by atoms with E-state index in [1.807, 2.05) is 0 Å². The first-order valence-electron chi connectivity index (χ1n) is 7.48. The molecule has 108 valence electrons. The predicted octanol–water partition coefficient (Wildman–Crippen LogP) is 2.80. The lowest BCUT2D eigenvalue weighted by Crippen LogP contribution is -2.21. The molecule has 1 saturated heterocycles. The highest BCUT2D eigenvalue weighted by Crippen LogP contribution is 2.32. The molecule has 0 spiro atoms. The van der Waals surface area contributed by atoms with E-state index in [1.165, 1.54) is 0 Å². The van der Waals surface area contributed by atoms with Gasteiger partial charge in [-0.1, -0.05) is 20.8 Å². The van der Waals surface area contributed by atoms with Crippen molar-refractivity contribution in [3.05, 3.63) is 11.8 Å². The second-order valence-corrected chi connectivity index (χ2v) is 5.11. The van der Waals surface area contributed by atoms with Gasteiger partial charge in [0, 0.05) is 6.61 Å². The molecule has 19 heavy (non-hydrogen) atoms. The monoisotopic (exact) mass is 267 g/mol. The summed E-state index contributed by atoms with van der Waals surface area (Å²) in [5.41, 5.74) is 0. The van der Waals surface area contributed by atoms with Gasteiger partial charge in [-0.2, -0.15) is 0 Å². The van der Waals surface area contributed by atoms with Gasteiger partial charge in [0.2, 0.25) is 11.8 Å². The van der Waals surface area contributed by atoms with Crippen molar-refractivity contribution in [1.82, 2.24) is 15.5 Å². The number of ether oxygens (including phenoxy) is 1. The fourth-order valence-electron chi connectivity index (χ4n) is 2.60. The zero-order chi connectivity index (χ0) is 13.7. The van der Waals surface area contributed by atoms with E-state index in [9.17, 15) is 0 Å². The van der Waals surface area contributed by atoms with Gasteiger partial charge in [-0.05, 0) is 32.2 Å². The van der Waals surface area contributed by atoms with Gasteiger partial charge >= 0.3 is 0 Å². The van der Waals surface area contributed by atoms with Gasteiger partial charge in [-0.15, -0.1) is 10.2 Å². The Morgan fingerprint density at radius 3 is 2.84 bits per heavy atom. The lowest BCUT2D eigenvalue weighted by Gasteiger charge is -2.13. The lowest BCUT2D eigenvalue weighted by atomic mass is 10.00. The first-order valence-corrected chi connectivity index (χ1v) is 7.48. The molecule has 1 aromatic rings. The molecule has 1 aliphatic rings. The van der Waals surface area contributed by atoms with Gasteiger partial charge in [0.15, 0.2) is 0 Å². The summed E-state index contributed by atoms with van der Waals surface area (Å²) in [6.07, 6.45) is 4.27. The summed E-state index contributed by atoms with van der Waals surface area (Å²) < 4.78 is 11.6. The van der Waals surface area contributed by atoms with Crippen LogP contribution in [0.25, 0.3) is 0 Å². The van der Waals surface area contributed by atoms with Crippen LogP contribution in [0.15, 0.2) is 4.42 Å². The van der Waals surface area contributed by atoms with Crippen LogP contribution in [0.2, 0.25) is 0 Å². The number of nitrogens with one attached hydrogen (secondary N) is 1. The molecule has 1 aromatic heterocycles. The van der Waals surface area contributed by atoms with Crippen LogP contribution in [0, 0.1) is 0 Å². The highest BCUT2D eigenvalue weighted by atomic mass is 16.5. The van der Waals surface area contributed by atoms with Crippen LogP contribution < -0.4 is 5.32 Å². The fraction of sp³-hybridized carbons (Fsp3) is 0.857. The maximum Gasteiger partial charge on any atom is 0.233 e. The van der Waals surface area contributed by atoms with Crippen LogP contribution in [0.3, 0.4) is 0 Å². The molecular weight excluding hydrogens is 242 g/mol. The van der Waals surface area contributed by atoms with Crippen molar-refractivity contribution in [2.75, 3.05) is 13.2 Å².